The molecule has 0 spiro atoms. The molecule has 4 rings (SSSR count). The van der Waals surface area contributed by atoms with Crippen LogP contribution >= 0.6 is 0 Å². The van der Waals surface area contributed by atoms with Gasteiger partial charge in [0.15, 0.2) is 0 Å². The Morgan fingerprint density at radius 2 is 1.64 bits per heavy atom. The van der Waals surface area contributed by atoms with E-state index < -0.39 is 0 Å². The van der Waals surface area contributed by atoms with Crippen LogP contribution in [0.3, 0.4) is 0 Å². The van der Waals surface area contributed by atoms with Crippen LogP contribution in [0.2, 0.25) is 0 Å². The molecule has 0 aromatic rings. The van der Waals surface area contributed by atoms with Crippen molar-refractivity contribution in [1.82, 2.24) is 0 Å². The summed E-state index contributed by atoms with van der Waals surface area (Å²) in [5.74, 6) is 6.67. The van der Waals surface area contributed by atoms with Crippen LogP contribution in [0.1, 0.15) is 98.8 Å². The van der Waals surface area contributed by atoms with Crippen LogP contribution in [0.25, 0.3) is 0 Å². The molecule has 146 valence electrons. The van der Waals surface area contributed by atoms with Gasteiger partial charge < -0.3 is 5.11 Å². The molecule has 9 atom stereocenters. The van der Waals surface area contributed by atoms with E-state index in [0.717, 1.165) is 35.5 Å². The first-order valence-electron chi connectivity index (χ1n) is 11.7. The van der Waals surface area contributed by atoms with E-state index in [9.17, 15) is 5.11 Å². The lowest BCUT2D eigenvalue weighted by molar-refractivity contribution is -0.0912. The lowest BCUT2D eigenvalue weighted by atomic mass is 9.48. The number of rotatable bonds is 2. The second-order valence-corrected chi connectivity index (χ2v) is 9.90. The monoisotopic (exact) mass is 348 g/mol. The molecular weight excluding hydrogens is 304 g/mol. The molecule has 0 heterocycles. The van der Waals surface area contributed by atoms with E-state index in [-0.39, 0.29) is 6.10 Å². The first kappa shape index (κ1) is 19.7. The van der Waals surface area contributed by atoms with Gasteiger partial charge in [0.1, 0.15) is 0 Å². The molecule has 0 aromatic heterocycles. The van der Waals surface area contributed by atoms with Crippen molar-refractivity contribution in [3.8, 4) is 0 Å². The van der Waals surface area contributed by atoms with Crippen molar-refractivity contribution in [3.05, 3.63) is 0 Å². The van der Waals surface area contributed by atoms with Crippen LogP contribution in [-0.4, -0.2) is 11.2 Å². The van der Waals surface area contributed by atoms with Gasteiger partial charge in [-0.1, -0.05) is 34.1 Å². The van der Waals surface area contributed by atoms with E-state index in [4.69, 9.17) is 0 Å². The summed E-state index contributed by atoms with van der Waals surface area (Å²) in [5, 5.41) is 10.4. The average molecular weight is 349 g/mol. The third kappa shape index (κ3) is 3.21. The van der Waals surface area contributed by atoms with Gasteiger partial charge in [0.05, 0.1) is 6.10 Å². The van der Waals surface area contributed by atoms with Gasteiger partial charge in [-0.3, -0.25) is 0 Å². The van der Waals surface area contributed by atoms with Crippen LogP contribution in [0, 0.1) is 46.8 Å². The Balaban J connectivity index is 0.000000880. The third-order valence-electron chi connectivity index (χ3n) is 9.24. The van der Waals surface area contributed by atoms with Crippen molar-refractivity contribution in [1.29, 1.82) is 0 Å². The van der Waals surface area contributed by atoms with E-state index in [0.29, 0.717) is 11.3 Å². The molecule has 0 bridgehead atoms. The molecule has 9 unspecified atom stereocenters. The zero-order valence-electron chi connectivity index (χ0n) is 17.6. The Morgan fingerprint density at radius 1 is 0.920 bits per heavy atom. The molecule has 4 saturated carbocycles. The molecule has 0 amide bonds. The zero-order valence-corrected chi connectivity index (χ0v) is 17.6. The molecule has 0 saturated heterocycles. The Hall–Kier alpha value is -0.0400. The van der Waals surface area contributed by atoms with E-state index >= 15 is 0 Å². The van der Waals surface area contributed by atoms with Crippen molar-refractivity contribution in [2.24, 2.45) is 46.8 Å². The predicted octanol–water partition coefficient (Wildman–Crippen LogP) is 6.69. The second kappa shape index (κ2) is 7.91. The molecule has 25 heavy (non-hydrogen) atoms. The van der Waals surface area contributed by atoms with Crippen molar-refractivity contribution < 1.29 is 5.11 Å². The minimum absolute atomic E-state index is 0.0941. The van der Waals surface area contributed by atoms with E-state index in [1.54, 1.807) is 0 Å². The topological polar surface area (TPSA) is 20.2 Å². The van der Waals surface area contributed by atoms with Crippen LogP contribution in [0.5, 0.6) is 0 Å². The normalized spacial score (nSPS) is 49.9. The summed E-state index contributed by atoms with van der Waals surface area (Å²) in [6, 6.07) is 0. The number of hydrogen-bond acceptors (Lipinski definition) is 1. The molecule has 4 fully saturated rings. The van der Waals surface area contributed by atoms with Crippen LogP contribution in [0.4, 0.5) is 0 Å². The van der Waals surface area contributed by atoms with Gasteiger partial charge in [-0.05, 0) is 112 Å². The summed E-state index contributed by atoms with van der Waals surface area (Å²) in [4.78, 5) is 0. The van der Waals surface area contributed by atoms with Crippen molar-refractivity contribution >= 4 is 0 Å². The maximum atomic E-state index is 10.4. The average Bonchev–Trinajstić information content (AvgIpc) is 3.03. The van der Waals surface area contributed by atoms with Crippen molar-refractivity contribution in [2.75, 3.05) is 0 Å². The molecule has 0 radical (unpaired) electrons. The maximum absolute atomic E-state index is 10.4. The van der Waals surface area contributed by atoms with Gasteiger partial charge >= 0.3 is 0 Å². The largest absolute Gasteiger partial charge is 0.393 e. The van der Waals surface area contributed by atoms with Crippen LogP contribution in [0.15, 0.2) is 0 Å². The van der Waals surface area contributed by atoms with Crippen LogP contribution in [-0.2, 0) is 0 Å². The van der Waals surface area contributed by atoms with Gasteiger partial charge in [-0.2, -0.15) is 0 Å². The third-order valence-corrected chi connectivity index (χ3v) is 9.24. The summed E-state index contributed by atoms with van der Waals surface area (Å²) >= 11 is 0. The Morgan fingerprint density at radius 3 is 2.32 bits per heavy atom. The van der Waals surface area contributed by atoms with Crippen molar-refractivity contribution in [3.63, 3.8) is 0 Å². The highest BCUT2D eigenvalue weighted by atomic mass is 16.3. The zero-order chi connectivity index (χ0) is 18.2. The quantitative estimate of drug-likeness (QED) is 0.589. The lowest BCUT2D eigenvalue weighted by Crippen LogP contribution is -2.50. The highest BCUT2D eigenvalue weighted by molar-refractivity contribution is 5.07. The lowest BCUT2D eigenvalue weighted by Gasteiger charge is -2.57. The highest BCUT2D eigenvalue weighted by Gasteiger charge is 2.58. The number of fused-ring (bicyclic) bond motifs is 5. The standard InChI is InChI=1S/C22H38O.C2H6/c1-4-22-12-11-18-17-7-5-14(2)13-16(17)6-8-19(18)21(22)10-9-20(22)15(3)23;1-2/h14-21,23H,4-13H2,1-3H3;1-2H3. The maximum Gasteiger partial charge on any atom is 0.0545 e. The molecular formula is C24H44O. The fourth-order valence-corrected chi connectivity index (χ4v) is 8.36. The van der Waals surface area contributed by atoms with Gasteiger partial charge in [0.25, 0.3) is 0 Å². The molecule has 4 aliphatic rings. The van der Waals surface area contributed by atoms with E-state index in [2.05, 4.69) is 20.8 Å². The minimum Gasteiger partial charge on any atom is -0.393 e. The van der Waals surface area contributed by atoms with E-state index in [1.165, 1.54) is 64.2 Å². The highest BCUT2D eigenvalue weighted by Crippen LogP contribution is 2.66. The molecule has 1 nitrogen and oxygen atoms in total. The van der Waals surface area contributed by atoms with Crippen LogP contribution < -0.4 is 0 Å². The van der Waals surface area contributed by atoms with Gasteiger partial charge in [0.2, 0.25) is 0 Å². The van der Waals surface area contributed by atoms with Crippen molar-refractivity contribution in [2.45, 2.75) is 105 Å². The fourth-order valence-electron chi connectivity index (χ4n) is 8.36. The number of hydrogen-bond donors (Lipinski definition) is 1. The minimum atomic E-state index is -0.0941. The molecule has 0 aliphatic heterocycles. The van der Waals surface area contributed by atoms with Gasteiger partial charge in [-0.15, -0.1) is 0 Å². The summed E-state index contributed by atoms with van der Waals surface area (Å²) in [6.45, 7) is 11.0. The van der Waals surface area contributed by atoms with Gasteiger partial charge in [-0.25, -0.2) is 0 Å². The summed E-state index contributed by atoms with van der Waals surface area (Å²) < 4.78 is 0. The molecule has 1 heteroatoms. The van der Waals surface area contributed by atoms with Gasteiger partial charge in [0, 0.05) is 0 Å². The second-order valence-electron chi connectivity index (χ2n) is 9.90. The Labute approximate surface area is 157 Å². The SMILES string of the molecule is CC.CCC12CCC3C4CCC(C)CC4CCC3C1CCC2C(C)O. The fraction of sp³-hybridized carbons (Fsp3) is 1.00. The van der Waals surface area contributed by atoms with E-state index in [1.807, 2.05) is 13.8 Å². The molecule has 0 aromatic carbocycles. The summed E-state index contributed by atoms with van der Waals surface area (Å²) in [6.07, 6.45) is 14.4. The smallest absolute Gasteiger partial charge is 0.0545 e. The Kier molecular flexibility index (Phi) is 6.24. The molecule has 1 N–H and O–H groups in total. The Bertz CT molecular complexity index is 430. The summed E-state index contributed by atoms with van der Waals surface area (Å²) in [7, 11) is 0. The predicted molar refractivity (Wildman–Crippen MR) is 107 cm³/mol. The summed E-state index contributed by atoms with van der Waals surface area (Å²) in [5.41, 5.74) is 0.490. The molecule has 4 aliphatic carbocycles. The first-order valence-corrected chi connectivity index (χ1v) is 11.7. The number of aliphatic hydroxyl groups excluding tert-OH is 1. The first-order chi connectivity index (χ1) is 12.1. The number of aliphatic hydroxyl groups is 1.